The molecule has 0 bridgehead atoms. The van der Waals surface area contributed by atoms with E-state index in [0.29, 0.717) is 19.8 Å². The molecule has 0 spiro atoms. The van der Waals surface area contributed by atoms with Gasteiger partial charge in [-0.1, -0.05) is 0 Å². The second kappa shape index (κ2) is 6.21. The Hall–Kier alpha value is -0.960. The molecule has 6 nitrogen and oxygen atoms in total. The second-order valence-electron chi connectivity index (χ2n) is 4.53. The molecule has 1 atom stereocenters. The quantitative estimate of drug-likeness (QED) is 0.825. The molecular formula is C12H14BrNO5S. The fourth-order valence-electron chi connectivity index (χ4n) is 1.90. The number of aromatic carboxylic acids is 1. The molecule has 8 heteroatoms. The molecule has 110 valence electrons. The van der Waals surface area contributed by atoms with E-state index in [0.717, 1.165) is 6.42 Å². The predicted molar refractivity (Wildman–Crippen MR) is 75.2 cm³/mol. The SMILES string of the molecule is O=C(O)c1ccc(S(=O)(=O)NCC2CCOC2)c(Br)c1. The van der Waals surface area contributed by atoms with Gasteiger partial charge in [0.2, 0.25) is 10.0 Å². The lowest BCUT2D eigenvalue weighted by atomic mass is 10.1. The van der Waals surface area contributed by atoms with Gasteiger partial charge < -0.3 is 9.84 Å². The lowest BCUT2D eigenvalue weighted by molar-refractivity contribution is 0.0696. The topological polar surface area (TPSA) is 92.7 Å². The van der Waals surface area contributed by atoms with E-state index >= 15 is 0 Å². The number of hydrogen-bond donors (Lipinski definition) is 2. The van der Waals surface area contributed by atoms with Crippen molar-refractivity contribution >= 4 is 31.9 Å². The van der Waals surface area contributed by atoms with Crippen LogP contribution in [0.4, 0.5) is 0 Å². The van der Waals surface area contributed by atoms with Crippen LogP contribution < -0.4 is 4.72 Å². The van der Waals surface area contributed by atoms with Gasteiger partial charge in [0, 0.05) is 17.6 Å². The van der Waals surface area contributed by atoms with Crippen LogP contribution in [0.1, 0.15) is 16.8 Å². The van der Waals surface area contributed by atoms with Gasteiger partial charge in [0.25, 0.3) is 0 Å². The van der Waals surface area contributed by atoms with Crippen LogP contribution in [0.15, 0.2) is 27.6 Å². The van der Waals surface area contributed by atoms with Crippen molar-refractivity contribution < 1.29 is 23.1 Å². The molecule has 0 saturated carbocycles. The van der Waals surface area contributed by atoms with E-state index < -0.39 is 16.0 Å². The summed E-state index contributed by atoms with van der Waals surface area (Å²) in [6.07, 6.45) is 0.835. The highest BCUT2D eigenvalue weighted by Crippen LogP contribution is 2.23. The number of rotatable bonds is 5. The van der Waals surface area contributed by atoms with Crippen molar-refractivity contribution in [1.82, 2.24) is 4.72 Å². The summed E-state index contributed by atoms with van der Waals surface area (Å²) in [5.41, 5.74) is 0.0278. The normalized spacial score (nSPS) is 19.1. The summed E-state index contributed by atoms with van der Waals surface area (Å²) in [5, 5.41) is 8.85. The monoisotopic (exact) mass is 363 g/mol. The van der Waals surface area contributed by atoms with Crippen molar-refractivity contribution in [3.8, 4) is 0 Å². The number of sulfonamides is 1. The Morgan fingerprint density at radius 1 is 1.50 bits per heavy atom. The predicted octanol–water partition coefficient (Wildman–Crippen LogP) is 1.46. The number of carboxylic acid groups (broad SMARTS) is 1. The third-order valence-electron chi connectivity index (χ3n) is 3.05. The molecular weight excluding hydrogens is 350 g/mol. The highest BCUT2D eigenvalue weighted by atomic mass is 79.9. The minimum Gasteiger partial charge on any atom is -0.478 e. The van der Waals surface area contributed by atoms with Gasteiger partial charge in [0.15, 0.2) is 0 Å². The molecule has 1 aromatic carbocycles. The van der Waals surface area contributed by atoms with E-state index in [1.165, 1.54) is 18.2 Å². The van der Waals surface area contributed by atoms with Gasteiger partial charge in [0.1, 0.15) is 0 Å². The van der Waals surface area contributed by atoms with E-state index in [1.54, 1.807) is 0 Å². The first-order chi connectivity index (χ1) is 9.40. The summed E-state index contributed by atoms with van der Waals surface area (Å²) in [6.45, 7) is 1.53. The Morgan fingerprint density at radius 3 is 2.80 bits per heavy atom. The van der Waals surface area contributed by atoms with Gasteiger partial charge in [-0.3, -0.25) is 0 Å². The standard InChI is InChI=1S/C12H14BrNO5S/c13-10-5-9(12(15)16)1-2-11(10)20(17,18)14-6-8-3-4-19-7-8/h1-2,5,8,14H,3-4,6-7H2,(H,15,16). The summed E-state index contributed by atoms with van der Waals surface area (Å²) < 4.78 is 32.3. The van der Waals surface area contributed by atoms with Crippen molar-refractivity contribution in [2.45, 2.75) is 11.3 Å². The third-order valence-corrected chi connectivity index (χ3v) is 5.45. The van der Waals surface area contributed by atoms with Crippen molar-refractivity contribution in [1.29, 1.82) is 0 Å². The van der Waals surface area contributed by atoms with E-state index in [1.807, 2.05) is 0 Å². The van der Waals surface area contributed by atoms with E-state index in [2.05, 4.69) is 20.7 Å². The highest BCUT2D eigenvalue weighted by molar-refractivity contribution is 9.10. The van der Waals surface area contributed by atoms with Crippen LogP contribution in [0.2, 0.25) is 0 Å². The summed E-state index contributed by atoms with van der Waals surface area (Å²) in [6, 6.07) is 3.82. The number of carboxylic acids is 1. The Balaban J connectivity index is 2.14. The molecule has 1 saturated heterocycles. The minimum absolute atomic E-state index is 0.0278. The fourth-order valence-corrected chi connectivity index (χ4v) is 4.09. The lowest BCUT2D eigenvalue weighted by Gasteiger charge is -2.11. The molecule has 1 heterocycles. The number of halogens is 1. The Bertz CT molecular complexity index is 610. The van der Waals surface area contributed by atoms with Crippen LogP contribution in [-0.4, -0.2) is 39.3 Å². The van der Waals surface area contributed by atoms with Gasteiger partial charge in [0.05, 0.1) is 17.1 Å². The van der Waals surface area contributed by atoms with Crippen LogP contribution in [0.3, 0.4) is 0 Å². The maximum Gasteiger partial charge on any atom is 0.335 e. The number of nitrogens with one attached hydrogen (secondary N) is 1. The molecule has 1 fully saturated rings. The van der Waals surface area contributed by atoms with Crippen molar-refractivity contribution in [2.75, 3.05) is 19.8 Å². The summed E-state index contributed by atoms with van der Waals surface area (Å²) in [7, 11) is -3.67. The van der Waals surface area contributed by atoms with Crippen LogP contribution in [-0.2, 0) is 14.8 Å². The highest BCUT2D eigenvalue weighted by Gasteiger charge is 2.22. The minimum atomic E-state index is -3.67. The molecule has 0 amide bonds. The zero-order chi connectivity index (χ0) is 14.8. The number of carbonyl (C=O) groups is 1. The van der Waals surface area contributed by atoms with Gasteiger partial charge in [-0.05, 0) is 46.5 Å². The Morgan fingerprint density at radius 2 is 2.25 bits per heavy atom. The Labute approximate surface area is 125 Å². The average Bonchev–Trinajstić information content (AvgIpc) is 2.89. The smallest absolute Gasteiger partial charge is 0.335 e. The molecule has 1 unspecified atom stereocenters. The number of benzene rings is 1. The van der Waals surface area contributed by atoms with Gasteiger partial charge in [-0.25, -0.2) is 17.9 Å². The van der Waals surface area contributed by atoms with Crippen molar-refractivity contribution in [3.05, 3.63) is 28.2 Å². The molecule has 0 radical (unpaired) electrons. The zero-order valence-electron chi connectivity index (χ0n) is 10.5. The van der Waals surface area contributed by atoms with E-state index in [-0.39, 0.29) is 20.8 Å². The van der Waals surface area contributed by atoms with Gasteiger partial charge in [-0.15, -0.1) is 0 Å². The molecule has 1 aliphatic rings. The largest absolute Gasteiger partial charge is 0.478 e. The first-order valence-electron chi connectivity index (χ1n) is 6.00. The maximum atomic E-state index is 12.2. The molecule has 1 aromatic rings. The Kier molecular flexibility index (Phi) is 4.79. The third kappa shape index (κ3) is 3.57. The molecule has 2 N–H and O–H groups in total. The molecule has 0 aliphatic carbocycles. The summed E-state index contributed by atoms with van der Waals surface area (Å²) in [5.74, 6) is -0.924. The molecule has 1 aliphatic heterocycles. The van der Waals surface area contributed by atoms with Crippen molar-refractivity contribution in [3.63, 3.8) is 0 Å². The first-order valence-corrected chi connectivity index (χ1v) is 8.28. The van der Waals surface area contributed by atoms with Crippen LogP contribution in [0.25, 0.3) is 0 Å². The van der Waals surface area contributed by atoms with E-state index in [9.17, 15) is 13.2 Å². The second-order valence-corrected chi connectivity index (χ2v) is 7.12. The number of hydrogen-bond acceptors (Lipinski definition) is 4. The lowest BCUT2D eigenvalue weighted by Crippen LogP contribution is -2.29. The average molecular weight is 364 g/mol. The molecule has 2 rings (SSSR count). The maximum absolute atomic E-state index is 12.2. The van der Waals surface area contributed by atoms with Crippen LogP contribution >= 0.6 is 15.9 Å². The van der Waals surface area contributed by atoms with Crippen molar-refractivity contribution in [2.24, 2.45) is 5.92 Å². The van der Waals surface area contributed by atoms with Gasteiger partial charge in [-0.2, -0.15) is 0 Å². The fraction of sp³-hybridized carbons (Fsp3) is 0.417. The van der Waals surface area contributed by atoms with Crippen LogP contribution in [0.5, 0.6) is 0 Å². The first kappa shape index (κ1) is 15.4. The number of ether oxygens (including phenoxy) is 1. The summed E-state index contributed by atoms with van der Waals surface area (Å²) in [4.78, 5) is 10.8. The zero-order valence-corrected chi connectivity index (χ0v) is 12.9. The van der Waals surface area contributed by atoms with E-state index in [4.69, 9.17) is 9.84 Å². The molecule has 0 aromatic heterocycles. The van der Waals surface area contributed by atoms with Gasteiger partial charge >= 0.3 is 5.97 Å². The summed E-state index contributed by atoms with van der Waals surface area (Å²) >= 11 is 3.10. The van der Waals surface area contributed by atoms with Crippen LogP contribution in [0, 0.1) is 5.92 Å². The molecule has 20 heavy (non-hydrogen) atoms.